The quantitative estimate of drug-likeness (QED) is 0.421. The number of H-pyrrole nitrogens is 1. The summed E-state index contributed by atoms with van der Waals surface area (Å²) >= 11 is 0. The molecule has 0 saturated carbocycles. The van der Waals surface area contributed by atoms with Crippen LogP contribution in [-0.2, 0) is 0 Å². The van der Waals surface area contributed by atoms with Crippen LogP contribution >= 0.6 is 13.5 Å². The van der Waals surface area contributed by atoms with Gasteiger partial charge in [0.1, 0.15) is 23.9 Å². The van der Waals surface area contributed by atoms with E-state index in [4.69, 9.17) is 0 Å². The second-order valence-electron chi connectivity index (χ2n) is 7.58. The average molecular weight is 456 g/mol. The maximum Gasteiger partial charge on any atom is 0.263 e. The van der Waals surface area contributed by atoms with Crippen molar-refractivity contribution in [2.24, 2.45) is 0 Å². The van der Waals surface area contributed by atoms with Crippen LogP contribution in [0.2, 0.25) is 0 Å². The number of nitriles is 1. The van der Waals surface area contributed by atoms with E-state index in [1.54, 1.807) is 4.57 Å². The fraction of sp³-hybridized carbons (Fsp3) is 0.125. The number of anilines is 1. The van der Waals surface area contributed by atoms with E-state index in [9.17, 15) is 10.1 Å². The number of hydrogen-bond donors (Lipinski definition) is 2. The third-order valence-electron chi connectivity index (χ3n) is 5.56. The van der Waals surface area contributed by atoms with Gasteiger partial charge in [-0.3, -0.25) is 14.5 Å². The molecule has 9 heteroatoms. The minimum absolute atomic E-state index is 0. The lowest BCUT2D eigenvalue weighted by molar-refractivity contribution is 0.774. The fourth-order valence-corrected chi connectivity index (χ4v) is 4.04. The molecule has 8 nitrogen and oxygen atoms in total. The van der Waals surface area contributed by atoms with E-state index in [-0.39, 0.29) is 30.8 Å². The van der Waals surface area contributed by atoms with Gasteiger partial charge >= 0.3 is 0 Å². The normalized spacial score (nSPS) is 11.7. The van der Waals surface area contributed by atoms with Crippen molar-refractivity contribution < 1.29 is 0 Å². The number of nitrogens with zero attached hydrogens (tertiary/aromatic N) is 5. The zero-order valence-corrected chi connectivity index (χ0v) is 19.0. The highest BCUT2D eigenvalue weighted by Gasteiger charge is 2.20. The molecule has 5 rings (SSSR count). The van der Waals surface area contributed by atoms with Crippen molar-refractivity contribution in [2.75, 3.05) is 5.32 Å². The summed E-state index contributed by atoms with van der Waals surface area (Å²) < 4.78 is 1.73. The highest BCUT2D eigenvalue weighted by atomic mass is 32.1. The van der Waals surface area contributed by atoms with Crippen molar-refractivity contribution in [3.8, 4) is 11.8 Å². The summed E-state index contributed by atoms with van der Waals surface area (Å²) in [6, 6.07) is 19.2. The minimum atomic E-state index is -0.313. The van der Waals surface area contributed by atoms with Crippen molar-refractivity contribution in [1.82, 2.24) is 24.7 Å². The van der Waals surface area contributed by atoms with Crippen molar-refractivity contribution in [2.45, 2.75) is 19.9 Å². The molecule has 0 amide bonds. The Balaban J connectivity index is 0.00000259. The summed E-state index contributed by atoms with van der Waals surface area (Å²) in [7, 11) is 0. The third kappa shape index (κ3) is 3.70. The largest absolute Gasteiger partial charge is 0.361 e. The summed E-state index contributed by atoms with van der Waals surface area (Å²) in [6.07, 6.45) is 1.40. The first-order chi connectivity index (χ1) is 15.6. The summed E-state index contributed by atoms with van der Waals surface area (Å²) in [4.78, 5) is 22.1. The molecule has 0 fully saturated rings. The van der Waals surface area contributed by atoms with Gasteiger partial charge in [0.15, 0.2) is 5.65 Å². The van der Waals surface area contributed by atoms with Crippen LogP contribution in [0.1, 0.15) is 29.9 Å². The van der Waals surface area contributed by atoms with E-state index in [1.165, 1.54) is 6.33 Å². The van der Waals surface area contributed by atoms with Gasteiger partial charge in [-0.25, -0.2) is 9.97 Å². The molecule has 5 aromatic rings. The smallest absolute Gasteiger partial charge is 0.263 e. The predicted molar refractivity (Wildman–Crippen MR) is 133 cm³/mol. The molecule has 0 unspecified atom stereocenters. The van der Waals surface area contributed by atoms with E-state index in [1.807, 2.05) is 68.4 Å². The van der Waals surface area contributed by atoms with Gasteiger partial charge in [0.25, 0.3) is 5.56 Å². The molecule has 0 saturated heterocycles. The van der Waals surface area contributed by atoms with E-state index < -0.39 is 0 Å². The van der Waals surface area contributed by atoms with E-state index in [0.29, 0.717) is 22.2 Å². The molecule has 0 radical (unpaired) electrons. The molecule has 33 heavy (non-hydrogen) atoms. The predicted octanol–water partition coefficient (Wildman–Crippen LogP) is 4.12. The number of aryl methyl sites for hydroxylation is 1. The van der Waals surface area contributed by atoms with Gasteiger partial charge in [-0.2, -0.15) is 23.9 Å². The number of para-hydroxylation sites is 1. The zero-order chi connectivity index (χ0) is 22.2. The van der Waals surface area contributed by atoms with Gasteiger partial charge in [0, 0.05) is 11.4 Å². The topological polar surface area (TPSA) is 112 Å². The number of rotatable bonds is 4. The summed E-state index contributed by atoms with van der Waals surface area (Å²) in [5.41, 5.74) is 3.09. The lowest BCUT2D eigenvalue weighted by atomic mass is 10.0. The Labute approximate surface area is 196 Å². The molecule has 0 aliphatic rings. The summed E-state index contributed by atoms with van der Waals surface area (Å²) in [5.74, 6) is 0.476. The number of aromatic nitrogens is 5. The maximum absolute atomic E-state index is 13.7. The standard InChI is InChI=1S/C24H19N7O.H2S/c1-14-7-6-8-16-11-19(31(24(32)20(14)16)17-9-4-3-5-10-17)15(2)28-22-21-18(12-25)29-30-23(21)27-13-26-22;/h3-11,13,15H,1-2H3,(H2,26,27,28,29,30);1H2/t15-;/m0./s1. The first-order valence-corrected chi connectivity index (χ1v) is 10.1. The van der Waals surface area contributed by atoms with E-state index >= 15 is 0 Å². The molecule has 0 spiro atoms. The Morgan fingerprint density at radius 2 is 1.88 bits per heavy atom. The van der Waals surface area contributed by atoms with Crippen LogP contribution in [-0.4, -0.2) is 24.7 Å². The Bertz CT molecular complexity index is 1570. The fourth-order valence-electron chi connectivity index (χ4n) is 4.04. The molecule has 2 aromatic carbocycles. The number of nitrogens with one attached hydrogen (secondary N) is 2. The Hall–Kier alpha value is -4.16. The van der Waals surface area contributed by atoms with Gasteiger partial charge in [-0.1, -0.05) is 36.4 Å². The lowest BCUT2D eigenvalue weighted by Crippen LogP contribution is -2.26. The van der Waals surface area contributed by atoms with Crippen LogP contribution in [0.3, 0.4) is 0 Å². The first kappa shape index (κ1) is 22.0. The molecule has 3 heterocycles. The molecule has 1 atom stereocenters. The number of fused-ring (bicyclic) bond motifs is 2. The van der Waals surface area contributed by atoms with Crippen LogP contribution in [0.15, 0.2) is 65.7 Å². The van der Waals surface area contributed by atoms with Gasteiger partial charge in [-0.05, 0) is 43.0 Å². The number of aromatic amines is 1. The van der Waals surface area contributed by atoms with Crippen LogP contribution in [0.5, 0.6) is 0 Å². The molecule has 164 valence electrons. The molecule has 0 bridgehead atoms. The molecular formula is C24H21N7OS. The van der Waals surface area contributed by atoms with Crippen LogP contribution in [0.4, 0.5) is 5.82 Å². The monoisotopic (exact) mass is 455 g/mol. The second-order valence-corrected chi connectivity index (χ2v) is 7.58. The van der Waals surface area contributed by atoms with Crippen molar-refractivity contribution in [1.29, 1.82) is 5.26 Å². The van der Waals surface area contributed by atoms with Gasteiger partial charge in [0.2, 0.25) is 0 Å². The van der Waals surface area contributed by atoms with Gasteiger partial charge in [-0.15, -0.1) is 0 Å². The first-order valence-electron chi connectivity index (χ1n) is 10.1. The third-order valence-corrected chi connectivity index (χ3v) is 5.56. The van der Waals surface area contributed by atoms with Crippen molar-refractivity contribution in [3.05, 3.63) is 88.2 Å². The SMILES string of the molecule is Cc1cccc2cc([C@H](C)Nc3ncnc4n[nH]c(C#N)c34)n(-c3ccccc3)c(=O)c12.S. The summed E-state index contributed by atoms with van der Waals surface area (Å²) in [5, 5.41) is 21.6. The lowest BCUT2D eigenvalue weighted by Gasteiger charge is -2.22. The van der Waals surface area contributed by atoms with Gasteiger partial charge < -0.3 is 5.32 Å². The number of pyridine rings is 1. The highest BCUT2D eigenvalue weighted by Crippen LogP contribution is 2.28. The molecule has 3 aromatic heterocycles. The van der Waals surface area contributed by atoms with Crippen LogP contribution < -0.4 is 10.9 Å². The molecule has 0 aliphatic heterocycles. The van der Waals surface area contributed by atoms with E-state index in [0.717, 1.165) is 22.3 Å². The Morgan fingerprint density at radius 3 is 2.64 bits per heavy atom. The Morgan fingerprint density at radius 1 is 1.09 bits per heavy atom. The van der Waals surface area contributed by atoms with Crippen molar-refractivity contribution in [3.63, 3.8) is 0 Å². The van der Waals surface area contributed by atoms with Crippen molar-refractivity contribution >= 4 is 41.1 Å². The Kier molecular flexibility index (Phi) is 5.85. The minimum Gasteiger partial charge on any atom is -0.361 e. The second kappa shape index (κ2) is 8.76. The molecular weight excluding hydrogens is 434 g/mol. The van der Waals surface area contributed by atoms with Gasteiger partial charge in [0.05, 0.1) is 16.8 Å². The zero-order valence-electron chi connectivity index (χ0n) is 18.0. The number of hydrogen-bond acceptors (Lipinski definition) is 6. The number of benzene rings is 2. The highest BCUT2D eigenvalue weighted by molar-refractivity contribution is 7.59. The molecule has 2 N–H and O–H groups in total. The van der Waals surface area contributed by atoms with Crippen LogP contribution in [0, 0.1) is 18.3 Å². The summed E-state index contributed by atoms with van der Waals surface area (Å²) in [6.45, 7) is 3.90. The van der Waals surface area contributed by atoms with E-state index in [2.05, 4.69) is 31.6 Å². The van der Waals surface area contributed by atoms with Crippen LogP contribution in [0.25, 0.3) is 27.5 Å². The molecule has 0 aliphatic carbocycles. The average Bonchev–Trinajstić information content (AvgIpc) is 3.24. The maximum atomic E-state index is 13.7.